The van der Waals surface area contributed by atoms with Crippen LogP contribution in [0.3, 0.4) is 0 Å². The normalized spacial score (nSPS) is 14.0. The maximum absolute atomic E-state index is 13.2. The van der Waals surface area contributed by atoms with Crippen molar-refractivity contribution in [2.24, 2.45) is 0 Å². The van der Waals surface area contributed by atoms with Gasteiger partial charge in [-0.25, -0.2) is 4.90 Å². The Morgan fingerprint density at radius 2 is 1.36 bits per heavy atom. The van der Waals surface area contributed by atoms with Gasteiger partial charge in [0, 0.05) is 29.4 Å². The number of ether oxygens (including phenoxy) is 3. The Morgan fingerprint density at radius 3 is 1.81 bits per heavy atom. The molecule has 0 fully saturated rings. The van der Waals surface area contributed by atoms with Crippen LogP contribution >= 0.6 is 11.8 Å². The molecule has 0 saturated carbocycles. The molecule has 1 unspecified atom stereocenters. The van der Waals surface area contributed by atoms with Gasteiger partial charge >= 0.3 is 5.51 Å². The molecule has 0 radical (unpaired) electrons. The van der Waals surface area contributed by atoms with Gasteiger partial charge in [0.05, 0.1) is 38.1 Å². The highest BCUT2D eigenvalue weighted by molar-refractivity contribution is 8.00. The summed E-state index contributed by atoms with van der Waals surface area (Å²) < 4.78 is 55.9. The van der Waals surface area contributed by atoms with Crippen LogP contribution in [0.15, 0.2) is 60.7 Å². The number of imide groups is 1. The van der Waals surface area contributed by atoms with E-state index in [0.29, 0.717) is 45.2 Å². The minimum Gasteiger partial charge on any atom is -0.496 e. The van der Waals surface area contributed by atoms with Gasteiger partial charge in [0.15, 0.2) is 0 Å². The lowest BCUT2D eigenvalue weighted by molar-refractivity contribution is -0.0328. The van der Waals surface area contributed by atoms with Gasteiger partial charge in [-0.05, 0) is 29.8 Å². The fourth-order valence-corrected chi connectivity index (χ4v) is 4.89. The molecule has 0 N–H and O–H groups in total. The number of hydrogen-bond donors (Lipinski definition) is 0. The van der Waals surface area contributed by atoms with Gasteiger partial charge in [0.2, 0.25) is 0 Å². The second kappa shape index (κ2) is 10.1. The number of hydrogen-bond acceptors (Lipinski definition) is 6. The highest BCUT2D eigenvalue weighted by Gasteiger charge is 2.37. The molecule has 10 heteroatoms. The van der Waals surface area contributed by atoms with E-state index in [2.05, 4.69) is 0 Å². The first-order valence-corrected chi connectivity index (χ1v) is 11.8. The number of nitrogens with zero attached hydrogens (tertiary/aromatic N) is 1. The van der Waals surface area contributed by atoms with Crippen LogP contribution in [0.25, 0.3) is 0 Å². The van der Waals surface area contributed by atoms with Gasteiger partial charge in [-0.3, -0.25) is 9.59 Å². The van der Waals surface area contributed by atoms with Gasteiger partial charge < -0.3 is 14.2 Å². The molecule has 1 aliphatic rings. The maximum atomic E-state index is 13.2. The van der Waals surface area contributed by atoms with Gasteiger partial charge in [0.1, 0.15) is 17.2 Å². The molecule has 4 rings (SSSR count). The molecule has 1 atom stereocenters. The van der Waals surface area contributed by atoms with Crippen LogP contribution in [0, 0.1) is 0 Å². The van der Waals surface area contributed by atoms with Crippen LogP contribution in [0.5, 0.6) is 17.2 Å². The lowest BCUT2D eigenvalue weighted by Crippen LogP contribution is -2.29. The number of carbonyl (C=O) groups excluding carboxylic acids is 2. The van der Waals surface area contributed by atoms with Crippen molar-refractivity contribution in [3.8, 4) is 17.2 Å². The maximum Gasteiger partial charge on any atom is 0.441 e. The van der Waals surface area contributed by atoms with Gasteiger partial charge in [-0.1, -0.05) is 36.0 Å². The van der Waals surface area contributed by atoms with Crippen molar-refractivity contribution < 1.29 is 37.0 Å². The van der Waals surface area contributed by atoms with E-state index in [1.54, 1.807) is 60.7 Å². The molecule has 1 heterocycles. The number of carbonyl (C=O) groups is 2. The second-order valence-electron chi connectivity index (χ2n) is 7.84. The lowest BCUT2D eigenvalue weighted by Gasteiger charge is -2.24. The third-order valence-corrected chi connectivity index (χ3v) is 6.69. The third-order valence-electron chi connectivity index (χ3n) is 5.86. The minimum absolute atomic E-state index is 0.159. The first kappa shape index (κ1) is 25.4. The summed E-state index contributed by atoms with van der Waals surface area (Å²) >= 11 is -0.159. The number of rotatable bonds is 8. The Labute approximate surface area is 210 Å². The van der Waals surface area contributed by atoms with Crippen LogP contribution in [0.2, 0.25) is 0 Å². The van der Waals surface area contributed by atoms with Crippen LogP contribution in [0.1, 0.15) is 37.8 Å². The Hall–Kier alpha value is -3.66. The smallest absolute Gasteiger partial charge is 0.441 e. The van der Waals surface area contributed by atoms with Crippen molar-refractivity contribution in [1.82, 2.24) is 0 Å². The first-order valence-electron chi connectivity index (χ1n) is 10.8. The number of halogens is 3. The highest BCUT2D eigenvalue weighted by Crippen LogP contribution is 2.45. The number of benzene rings is 3. The Kier molecular flexibility index (Phi) is 7.16. The van der Waals surface area contributed by atoms with Crippen molar-refractivity contribution in [2.75, 3.05) is 32.0 Å². The molecule has 3 aromatic rings. The first-order chi connectivity index (χ1) is 17.2. The average molecular weight is 518 g/mol. The Bertz CT molecular complexity index is 1230. The molecule has 188 valence electrons. The second-order valence-corrected chi connectivity index (χ2v) is 8.92. The van der Waals surface area contributed by atoms with E-state index in [4.69, 9.17) is 14.2 Å². The largest absolute Gasteiger partial charge is 0.496 e. The topological polar surface area (TPSA) is 65.1 Å². The molecular formula is C26H22F3NO5S. The molecule has 3 aromatic carbocycles. The van der Waals surface area contributed by atoms with E-state index in [1.165, 1.54) is 21.3 Å². The van der Waals surface area contributed by atoms with Crippen molar-refractivity contribution in [1.29, 1.82) is 0 Å². The number of anilines is 1. The fraction of sp³-hybridized carbons (Fsp3) is 0.231. The van der Waals surface area contributed by atoms with Crippen LogP contribution in [-0.4, -0.2) is 44.4 Å². The Balaban J connectivity index is 1.75. The van der Waals surface area contributed by atoms with E-state index in [1.807, 2.05) is 0 Å². The lowest BCUT2D eigenvalue weighted by atomic mass is 9.91. The summed E-state index contributed by atoms with van der Waals surface area (Å²) in [5.74, 6) is -1.00. The van der Waals surface area contributed by atoms with Crippen LogP contribution in [-0.2, 0) is 0 Å². The number of methoxy groups -OCH3 is 3. The molecule has 36 heavy (non-hydrogen) atoms. The monoisotopic (exact) mass is 517 g/mol. The zero-order chi connectivity index (χ0) is 26.0. The van der Waals surface area contributed by atoms with Gasteiger partial charge in [-0.2, -0.15) is 13.2 Å². The zero-order valence-electron chi connectivity index (χ0n) is 19.6. The minimum atomic E-state index is -4.45. The van der Waals surface area contributed by atoms with E-state index in [-0.39, 0.29) is 17.5 Å². The SMILES string of the molecule is COc1cc(OC)c(C(CSC(F)(F)F)c2ccc(N3C(=O)c4ccccc4C3=O)cc2)c(OC)c1. The molecule has 0 saturated heterocycles. The molecule has 6 nitrogen and oxygen atoms in total. The summed E-state index contributed by atoms with van der Waals surface area (Å²) in [6, 6.07) is 16.0. The van der Waals surface area contributed by atoms with E-state index in [9.17, 15) is 22.8 Å². The number of alkyl halides is 3. The van der Waals surface area contributed by atoms with Crippen molar-refractivity contribution in [3.63, 3.8) is 0 Å². The predicted octanol–water partition coefficient (Wildman–Crippen LogP) is 5.90. The summed E-state index contributed by atoms with van der Waals surface area (Å²) in [4.78, 5) is 26.7. The van der Waals surface area contributed by atoms with Crippen LogP contribution < -0.4 is 19.1 Å². The summed E-state index contributed by atoms with van der Waals surface area (Å²) in [5.41, 5.74) is -2.58. The number of thioether (sulfide) groups is 1. The van der Waals surface area contributed by atoms with E-state index in [0.717, 1.165) is 4.90 Å². The summed E-state index contributed by atoms with van der Waals surface area (Å²) in [7, 11) is 4.29. The number of fused-ring (bicyclic) bond motifs is 1. The predicted molar refractivity (Wildman–Crippen MR) is 130 cm³/mol. The number of amides is 2. The summed E-state index contributed by atoms with van der Waals surface area (Å²) in [6.07, 6.45) is 0. The average Bonchev–Trinajstić information content (AvgIpc) is 3.13. The molecule has 1 aliphatic heterocycles. The standard InChI is InChI=1S/C26H22F3NO5S/c1-33-17-12-21(34-2)23(22(13-17)35-3)20(14-36-26(27,28)29)15-8-10-16(11-9-15)30-24(31)18-6-4-5-7-19(18)25(30)32/h4-13,20H,14H2,1-3H3. The third kappa shape index (κ3) is 4.86. The van der Waals surface area contributed by atoms with E-state index >= 15 is 0 Å². The van der Waals surface area contributed by atoms with Crippen molar-refractivity contribution in [3.05, 3.63) is 82.9 Å². The quantitative estimate of drug-likeness (QED) is 0.347. The Morgan fingerprint density at radius 1 is 0.833 bits per heavy atom. The highest BCUT2D eigenvalue weighted by atomic mass is 32.2. The molecule has 2 amide bonds. The summed E-state index contributed by atoms with van der Waals surface area (Å²) in [5, 5.41) is 0. The molecule has 0 spiro atoms. The van der Waals surface area contributed by atoms with Gasteiger partial charge in [0.25, 0.3) is 11.8 Å². The fourth-order valence-electron chi connectivity index (χ4n) is 4.18. The van der Waals surface area contributed by atoms with Crippen LogP contribution in [0.4, 0.5) is 18.9 Å². The summed E-state index contributed by atoms with van der Waals surface area (Å²) in [6.45, 7) is 0. The molecular weight excluding hydrogens is 495 g/mol. The van der Waals surface area contributed by atoms with Gasteiger partial charge in [-0.15, -0.1) is 0 Å². The molecule has 0 aromatic heterocycles. The molecule has 0 bridgehead atoms. The zero-order valence-corrected chi connectivity index (χ0v) is 20.4. The van der Waals surface area contributed by atoms with Crippen molar-refractivity contribution in [2.45, 2.75) is 11.4 Å². The van der Waals surface area contributed by atoms with Crippen molar-refractivity contribution >= 4 is 29.3 Å². The van der Waals surface area contributed by atoms with E-state index < -0.39 is 23.2 Å². The molecule has 0 aliphatic carbocycles.